The van der Waals surface area contributed by atoms with E-state index in [4.69, 9.17) is 4.74 Å². The van der Waals surface area contributed by atoms with Crippen molar-refractivity contribution in [3.05, 3.63) is 66.1 Å². The molecule has 10 heteroatoms. The quantitative estimate of drug-likeness (QED) is 0.536. The number of fused-ring (bicyclic) bond motifs is 1. The molecule has 2 aromatic carbocycles. The van der Waals surface area contributed by atoms with Crippen LogP contribution in [0.2, 0.25) is 0 Å². The molecule has 0 bridgehead atoms. The summed E-state index contributed by atoms with van der Waals surface area (Å²) in [6.07, 6.45) is 1.48. The van der Waals surface area contributed by atoms with Crippen LogP contribution in [0.15, 0.2) is 48.7 Å². The molecule has 1 aliphatic rings. The van der Waals surface area contributed by atoms with E-state index < -0.39 is 17.5 Å². The van der Waals surface area contributed by atoms with Crippen molar-refractivity contribution in [2.75, 3.05) is 36.5 Å². The second kappa shape index (κ2) is 7.88. The summed E-state index contributed by atoms with van der Waals surface area (Å²) in [5.74, 6) is -1.97. The van der Waals surface area contributed by atoms with Crippen molar-refractivity contribution in [1.29, 1.82) is 0 Å². The number of aromatic nitrogens is 4. The largest absolute Gasteiger partial charge is 0.378 e. The number of morpholine rings is 1. The molecule has 31 heavy (non-hydrogen) atoms. The fourth-order valence-electron chi connectivity index (χ4n) is 3.50. The van der Waals surface area contributed by atoms with E-state index in [9.17, 15) is 13.2 Å². The van der Waals surface area contributed by atoms with E-state index in [1.807, 2.05) is 4.90 Å². The Morgan fingerprint density at radius 3 is 2.42 bits per heavy atom. The zero-order valence-corrected chi connectivity index (χ0v) is 16.2. The molecule has 0 amide bonds. The minimum absolute atomic E-state index is 0.142. The van der Waals surface area contributed by atoms with Crippen LogP contribution in [0.3, 0.4) is 0 Å². The van der Waals surface area contributed by atoms with Crippen molar-refractivity contribution in [2.24, 2.45) is 0 Å². The summed E-state index contributed by atoms with van der Waals surface area (Å²) in [5, 5.41) is 7.11. The van der Waals surface area contributed by atoms with E-state index in [-0.39, 0.29) is 17.3 Å². The number of rotatable bonds is 4. The summed E-state index contributed by atoms with van der Waals surface area (Å²) in [6, 6.07) is 9.83. The molecule has 1 fully saturated rings. The van der Waals surface area contributed by atoms with Crippen molar-refractivity contribution in [3.8, 4) is 11.4 Å². The predicted octanol–water partition coefficient (Wildman–Crippen LogP) is 3.79. The maximum absolute atomic E-state index is 14.8. The van der Waals surface area contributed by atoms with Gasteiger partial charge in [-0.25, -0.2) is 18.2 Å². The first-order valence-corrected chi connectivity index (χ1v) is 9.65. The lowest BCUT2D eigenvalue weighted by Crippen LogP contribution is -2.36. The number of halogens is 3. The molecule has 4 aromatic rings. The zero-order valence-electron chi connectivity index (χ0n) is 16.2. The van der Waals surface area contributed by atoms with Crippen LogP contribution in [0, 0.1) is 17.5 Å². The molecule has 3 heterocycles. The van der Waals surface area contributed by atoms with Gasteiger partial charge in [0, 0.05) is 24.8 Å². The van der Waals surface area contributed by atoms with Crippen LogP contribution in [0.5, 0.6) is 0 Å². The first kappa shape index (κ1) is 19.3. The van der Waals surface area contributed by atoms with E-state index in [1.165, 1.54) is 22.8 Å². The molecule has 1 aliphatic heterocycles. The lowest BCUT2D eigenvalue weighted by Gasteiger charge is -2.29. The summed E-state index contributed by atoms with van der Waals surface area (Å²) < 4.78 is 50.0. The van der Waals surface area contributed by atoms with Crippen molar-refractivity contribution in [1.82, 2.24) is 19.6 Å². The van der Waals surface area contributed by atoms with Gasteiger partial charge in [-0.2, -0.15) is 14.6 Å². The summed E-state index contributed by atoms with van der Waals surface area (Å²) in [7, 11) is 0. The Balaban J connectivity index is 1.52. The van der Waals surface area contributed by atoms with Gasteiger partial charge in [0.25, 0.3) is 0 Å². The second-order valence-corrected chi connectivity index (χ2v) is 6.96. The van der Waals surface area contributed by atoms with Gasteiger partial charge in [0.15, 0.2) is 11.5 Å². The number of ether oxygens (including phenoxy) is 1. The summed E-state index contributed by atoms with van der Waals surface area (Å²) in [6.45, 7) is 2.32. The highest BCUT2D eigenvalue weighted by Gasteiger charge is 2.19. The molecule has 0 radical (unpaired) electrons. The van der Waals surface area contributed by atoms with Gasteiger partial charge in [-0.15, -0.1) is 0 Å². The smallest absolute Gasteiger partial charge is 0.232 e. The third kappa shape index (κ3) is 3.66. The van der Waals surface area contributed by atoms with E-state index in [2.05, 4.69) is 20.4 Å². The highest BCUT2D eigenvalue weighted by molar-refractivity contribution is 5.65. The SMILES string of the molecule is Fc1cc(Nc2nc(-c3c(F)cccc3F)nc3ccnn23)ccc1N1CCOCC1. The van der Waals surface area contributed by atoms with E-state index >= 15 is 0 Å². The third-order valence-electron chi connectivity index (χ3n) is 5.00. The average Bonchev–Trinajstić information content (AvgIpc) is 3.23. The van der Waals surface area contributed by atoms with Crippen LogP contribution in [0.1, 0.15) is 0 Å². The van der Waals surface area contributed by atoms with Crippen molar-refractivity contribution in [3.63, 3.8) is 0 Å². The Labute approximate surface area is 175 Å². The summed E-state index contributed by atoms with van der Waals surface area (Å²) >= 11 is 0. The fraction of sp³-hybridized carbons (Fsp3) is 0.190. The molecule has 0 saturated carbocycles. The van der Waals surface area contributed by atoms with E-state index in [0.717, 1.165) is 12.1 Å². The minimum atomic E-state index is -0.782. The molecule has 158 valence electrons. The van der Waals surface area contributed by atoms with Gasteiger partial charge in [-0.05, 0) is 30.3 Å². The van der Waals surface area contributed by atoms with Crippen molar-refractivity contribution in [2.45, 2.75) is 0 Å². The Bertz CT molecular complexity index is 1240. The minimum Gasteiger partial charge on any atom is -0.378 e. The lowest BCUT2D eigenvalue weighted by atomic mass is 10.2. The molecule has 1 N–H and O–H groups in total. The maximum atomic E-state index is 14.8. The Hall–Kier alpha value is -3.66. The molecular weight excluding hydrogens is 409 g/mol. The number of benzene rings is 2. The average molecular weight is 426 g/mol. The molecule has 7 nitrogen and oxygen atoms in total. The summed E-state index contributed by atoms with van der Waals surface area (Å²) in [5.41, 5.74) is 0.878. The van der Waals surface area contributed by atoms with Crippen LogP contribution >= 0.6 is 0 Å². The highest BCUT2D eigenvalue weighted by Crippen LogP contribution is 2.28. The zero-order chi connectivity index (χ0) is 21.4. The monoisotopic (exact) mass is 426 g/mol. The Morgan fingerprint density at radius 2 is 1.68 bits per heavy atom. The topological polar surface area (TPSA) is 67.6 Å². The first-order valence-electron chi connectivity index (χ1n) is 9.65. The Kier molecular flexibility index (Phi) is 4.91. The van der Waals surface area contributed by atoms with Crippen LogP contribution in [-0.4, -0.2) is 45.9 Å². The number of anilines is 3. The van der Waals surface area contributed by atoms with Crippen molar-refractivity contribution >= 4 is 23.0 Å². The van der Waals surface area contributed by atoms with Crippen LogP contribution in [0.25, 0.3) is 17.0 Å². The lowest BCUT2D eigenvalue weighted by molar-refractivity contribution is 0.122. The number of nitrogens with one attached hydrogen (secondary N) is 1. The first-order chi connectivity index (χ1) is 15.1. The molecule has 0 spiro atoms. The van der Waals surface area contributed by atoms with E-state index in [1.54, 1.807) is 18.2 Å². The van der Waals surface area contributed by atoms with Gasteiger partial charge in [0.1, 0.15) is 17.5 Å². The van der Waals surface area contributed by atoms with Crippen molar-refractivity contribution < 1.29 is 17.9 Å². The summed E-state index contributed by atoms with van der Waals surface area (Å²) in [4.78, 5) is 10.4. The van der Waals surface area contributed by atoms with Gasteiger partial charge in [-0.3, -0.25) is 0 Å². The van der Waals surface area contributed by atoms with Gasteiger partial charge in [-0.1, -0.05) is 6.07 Å². The van der Waals surface area contributed by atoms with Gasteiger partial charge >= 0.3 is 0 Å². The number of nitrogens with zero attached hydrogens (tertiary/aromatic N) is 5. The normalized spacial score (nSPS) is 14.2. The fourth-order valence-corrected chi connectivity index (χ4v) is 3.50. The molecular formula is C21H17F3N6O. The molecule has 5 rings (SSSR count). The van der Waals surface area contributed by atoms with Gasteiger partial charge in [0.2, 0.25) is 5.95 Å². The van der Waals surface area contributed by atoms with Gasteiger partial charge < -0.3 is 15.0 Å². The Morgan fingerprint density at radius 1 is 0.903 bits per heavy atom. The van der Waals surface area contributed by atoms with E-state index in [0.29, 0.717) is 43.3 Å². The molecule has 1 saturated heterocycles. The second-order valence-electron chi connectivity index (χ2n) is 6.96. The predicted molar refractivity (Wildman–Crippen MR) is 109 cm³/mol. The maximum Gasteiger partial charge on any atom is 0.232 e. The molecule has 2 aromatic heterocycles. The molecule has 0 atom stereocenters. The standard InChI is InChI=1S/C21H17F3N6O/c22-14-2-1-3-15(23)19(14)20-27-18-6-7-25-30(18)21(28-20)26-13-4-5-17(16(24)12-13)29-8-10-31-11-9-29/h1-7,12H,8-11H2,(H,26,27,28). The van der Waals surface area contributed by atoms with Crippen LogP contribution in [0.4, 0.5) is 30.5 Å². The number of hydrogen-bond acceptors (Lipinski definition) is 6. The van der Waals surface area contributed by atoms with Gasteiger partial charge in [0.05, 0.1) is 30.7 Å². The van der Waals surface area contributed by atoms with Crippen LogP contribution < -0.4 is 10.2 Å². The number of hydrogen-bond donors (Lipinski definition) is 1. The third-order valence-corrected chi connectivity index (χ3v) is 5.00. The highest BCUT2D eigenvalue weighted by atomic mass is 19.1. The van der Waals surface area contributed by atoms with Crippen LogP contribution in [-0.2, 0) is 4.74 Å². The molecule has 0 aliphatic carbocycles. The molecule has 0 unspecified atom stereocenters.